The molecular weight excluding hydrogens is 278 g/mol. The van der Waals surface area contributed by atoms with Gasteiger partial charge in [-0.2, -0.15) is 0 Å². The number of pyridine rings is 1. The second-order valence-electron chi connectivity index (χ2n) is 5.19. The molecule has 1 atom stereocenters. The van der Waals surface area contributed by atoms with E-state index < -0.39 is 0 Å². The number of fused-ring (bicyclic) bond motifs is 2. The van der Waals surface area contributed by atoms with Gasteiger partial charge >= 0.3 is 0 Å². The first-order valence-corrected chi connectivity index (χ1v) is 7.99. The summed E-state index contributed by atoms with van der Waals surface area (Å²) in [5, 5.41) is 1.58. The first-order valence-electron chi connectivity index (χ1n) is 7.11. The van der Waals surface area contributed by atoms with Gasteiger partial charge in [-0.25, -0.2) is 0 Å². The van der Waals surface area contributed by atoms with E-state index in [1.807, 2.05) is 42.2 Å². The normalized spacial score (nSPS) is 16.9. The molecule has 1 aromatic heterocycles. The van der Waals surface area contributed by atoms with E-state index in [1.54, 1.807) is 0 Å². The zero-order chi connectivity index (χ0) is 14.1. The fraction of sp³-hybridized carbons (Fsp3) is 0.167. The Balaban J connectivity index is 1.50. The molecule has 3 heteroatoms. The summed E-state index contributed by atoms with van der Waals surface area (Å²) < 4.78 is 6.07. The molecule has 4 rings (SSSR count). The number of hydrogen-bond donors (Lipinski definition) is 0. The molecule has 1 aliphatic heterocycles. The van der Waals surface area contributed by atoms with Crippen LogP contribution in [0.25, 0.3) is 10.9 Å². The molecule has 104 valence electrons. The van der Waals surface area contributed by atoms with Crippen LogP contribution in [0.4, 0.5) is 0 Å². The van der Waals surface area contributed by atoms with E-state index in [-0.39, 0.29) is 0 Å². The summed E-state index contributed by atoms with van der Waals surface area (Å²) in [5.74, 6) is 0.928. The number of benzene rings is 2. The lowest BCUT2D eigenvalue weighted by atomic mass is 10.1. The van der Waals surface area contributed by atoms with Gasteiger partial charge < -0.3 is 4.74 Å². The van der Waals surface area contributed by atoms with Gasteiger partial charge in [0, 0.05) is 21.7 Å². The fourth-order valence-corrected chi connectivity index (χ4v) is 3.95. The molecule has 2 heterocycles. The van der Waals surface area contributed by atoms with Crippen LogP contribution in [-0.2, 0) is 6.42 Å². The van der Waals surface area contributed by atoms with E-state index >= 15 is 0 Å². The smallest absolute Gasteiger partial charge is 0.128 e. The Morgan fingerprint density at radius 1 is 1.05 bits per heavy atom. The molecule has 2 nitrogen and oxygen atoms in total. The zero-order valence-electron chi connectivity index (χ0n) is 11.5. The summed E-state index contributed by atoms with van der Waals surface area (Å²) in [6, 6.07) is 18.7. The third-order valence-corrected chi connectivity index (χ3v) is 5.03. The molecule has 0 N–H and O–H groups in total. The van der Waals surface area contributed by atoms with E-state index in [2.05, 4.69) is 35.3 Å². The highest BCUT2D eigenvalue weighted by atomic mass is 32.2. The molecule has 0 radical (unpaired) electrons. The molecule has 0 saturated heterocycles. The van der Waals surface area contributed by atoms with Gasteiger partial charge in [0.2, 0.25) is 0 Å². The van der Waals surface area contributed by atoms with Crippen LogP contribution in [0.15, 0.2) is 65.7 Å². The van der Waals surface area contributed by atoms with E-state index in [1.165, 1.54) is 10.5 Å². The van der Waals surface area contributed by atoms with Gasteiger partial charge in [-0.3, -0.25) is 4.98 Å². The summed E-state index contributed by atoms with van der Waals surface area (Å²) in [6.45, 7) is 0.730. The van der Waals surface area contributed by atoms with Crippen molar-refractivity contribution in [1.29, 1.82) is 0 Å². The Labute approximate surface area is 128 Å². The van der Waals surface area contributed by atoms with Gasteiger partial charge in [0.1, 0.15) is 12.4 Å². The van der Waals surface area contributed by atoms with Crippen molar-refractivity contribution in [3.63, 3.8) is 0 Å². The van der Waals surface area contributed by atoms with Crippen molar-refractivity contribution in [3.05, 3.63) is 66.4 Å². The minimum Gasteiger partial charge on any atom is -0.492 e. The lowest BCUT2D eigenvalue weighted by Crippen LogP contribution is -2.13. The van der Waals surface area contributed by atoms with Crippen molar-refractivity contribution in [2.45, 2.75) is 16.6 Å². The quantitative estimate of drug-likeness (QED) is 0.717. The molecule has 0 fully saturated rings. The second kappa shape index (κ2) is 5.41. The molecule has 3 aromatic rings. The third kappa shape index (κ3) is 2.49. The standard InChI is InChI=1S/C18H15NOS/c1-2-9-18-13(5-1)11-14(21-18)12-20-17-8-3-7-16-15(17)6-4-10-19-16/h1-10,14H,11-12H2. The van der Waals surface area contributed by atoms with Crippen LogP contribution >= 0.6 is 11.8 Å². The van der Waals surface area contributed by atoms with E-state index in [0.717, 1.165) is 29.7 Å². The minimum atomic E-state index is 0.495. The lowest BCUT2D eigenvalue weighted by molar-refractivity contribution is 0.321. The molecule has 21 heavy (non-hydrogen) atoms. The topological polar surface area (TPSA) is 22.1 Å². The maximum Gasteiger partial charge on any atom is 0.128 e. The first kappa shape index (κ1) is 12.7. The predicted molar refractivity (Wildman–Crippen MR) is 87.0 cm³/mol. The maximum absolute atomic E-state index is 6.07. The number of ether oxygens (including phenoxy) is 1. The van der Waals surface area contributed by atoms with Crippen molar-refractivity contribution < 1.29 is 4.74 Å². The molecule has 1 aliphatic rings. The number of thioether (sulfide) groups is 1. The summed E-state index contributed by atoms with van der Waals surface area (Å²) >= 11 is 1.92. The van der Waals surface area contributed by atoms with Crippen LogP contribution in [0, 0.1) is 0 Å². The highest BCUT2D eigenvalue weighted by Gasteiger charge is 2.22. The van der Waals surface area contributed by atoms with Crippen LogP contribution in [0.5, 0.6) is 5.75 Å². The van der Waals surface area contributed by atoms with Crippen LogP contribution in [-0.4, -0.2) is 16.8 Å². The monoisotopic (exact) mass is 293 g/mol. The summed E-state index contributed by atoms with van der Waals surface area (Å²) in [6.07, 6.45) is 2.90. The van der Waals surface area contributed by atoms with Crippen molar-refractivity contribution in [1.82, 2.24) is 4.98 Å². The Hall–Kier alpha value is -2.00. The van der Waals surface area contributed by atoms with E-state index in [0.29, 0.717) is 5.25 Å². The summed E-state index contributed by atoms with van der Waals surface area (Å²) in [7, 11) is 0. The molecule has 0 spiro atoms. The molecule has 0 amide bonds. The van der Waals surface area contributed by atoms with Crippen LogP contribution in [0.2, 0.25) is 0 Å². The number of nitrogens with zero attached hydrogens (tertiary/aromatic N) is 1. The number of hydrogen-bond acceptors (Lipinski definition) is 3. The van der Waals surface area contributed by atoms with Gasteiger partial charge in [0.15, 0.2) is 0 Å². The average Bonchev–Trinajstić information content (AvgIpc) is 2.96. The fourth-order valence-electron chi connectivity index (χ4n) is 2.73. The second-order valence-corrected chi connectivity index (χ2v) is 6.53. The summed E-state index contributed by atoms with van der Waals surface area (Å²) in [4.78, 5) is 5.76. The van der Waals surface area contributed by atoms with Crippen molar-refractivity contribution in [3.8, 4) is 5.75 Å². The third-order valence-electron chi connectivity index (χ3n) is 3.74. The molecule has 0 aliphatic carbocycles. The van der Waals surface area contributed by atoms with Crippen LogP contribution in [0.1, 0.15) is 5.56 Å². The number of rotatable bonds is 3. The van der Waals surface area contributed by atoms with Crippen molar-refractivity contribution in [2.75, 3.05) is 6.61 Å². The minimum absolute atomic E-state index is 0.495. The highest BCUT2D eigenvalue weighted by molar-refractivity contribution is 8.00. The van der Waals surface area contributed by atoms with Crippen LogP contribution < -0.4 is 4.74 Å². The van der Waals surface area contributed by atoms with Gasteiger partial charge in [-0.1, -0.05) is 24.3 Å². The van der Waals surface area contributed by atoms with E-state index in [4.69, 9.17) is 4.74 Å². The van der Waals surface area contributed by atoms with Gasteiger partial charge in [0.25, 0.3) is 0 Å². The predicted octanol–water partition coefficient (Wildman–Crippen LogP) is 4.33. The molecule has 0 saturated carbocycles. The van der Waals surface area contributed by atoms with Gasteiger partial charge in [-0.05, 0) is 42.3 Å². The zero-order valence-corrected chi connectivity index (χ0v) is 12.3. The van der Waals surface area contributed by atoms with Crippen LogP contribution in [0.3, 0.4) is 0 Å². The van der Waals surface area contributed by atoms with Crippen molar-refractivity contribution >= 4 is 22.7 Å². The summed E-state index contributed by atoms with van der Waals surface area (Å²) in [5.41, 5.74) is 2.42. The molecule has 1 unspecified atom stereocenters. The number of aromatic nitrogens is 1. The largest absolute Gasteiger partial charge is 0.492 e. The van der Waals surface area contributed by atoms with Crippen molar-refractivity contribution in [2.24, 2.45) is 0 Å². The Kier molecular flexibility index (Phi) is 3.28. The maximum atomic E-state index is 6.07. The molecular formula is C18H15NOS. The highest BCUT2D eigenvalue weighted by Crippen LogP contribution is 2.37. The lowest BCUT2D eigenvalue weighted by Gasteiger charge is -2.12. The first-order chi connectivity index (χ1) is 10.4. The van der Waals surface area contributed by atoms with Gasteiger partial charge in [0.05, 0.1) is 5.52 Å². The molecule has 2 aromatic carbocycles. The Morgan fingerprint density at radius 3 is 2.95 bits per heavy atom. The molecule has 0 bridgehead atoms. The SMILES string of the molecule is c1ccc2c(c1)CC(COc1cccc3ncccc13)S2. The average molecular weight is 293 g/mol. The van der Waals surface area contributed by atoms with E-state index in [9.17, 15) is 0 Å². The Bertz CT molecular complexity index is 757. The Morgan fingerprint density at radius 2 is 2.00 bits per heavy atom. The van der Waals surface area contributed by atoms with Gasteiger partial charge in [-0.15, -0.1) is 11.8 Å².